The van der Waals surface area contributed by atoms with Gasteiger partial charge in [-0.05, 0) is 18.8 Å². The molecule has 0 radical (unpaired) electrons. The topological polar surface area (TPSA) is 56.7 Å². The molecule has 0 saturated carbocycles. The van der Waals surface area contributed by atoms with Crippen LogP contribution in [0.2, 0.25) is 0 Å². The number of nitrogens with zero attached hydrogens (tertiary/aromatic N) is 2. The van der Waals surface area contributed by atoms with Gasteiger partial charge in [-0.3, -0.25) is 9.79 Å². The SMILES string of the molecule is C=C(Cl)CNC(=NC)N1CCC(CC(=O)NC)CC1. The monoisotopic (exact) mass is 286 g/mol. The Balaban J connectivity index is 2.39. The van der Waals surface area contributed by atoms with Crippen LogP contribution in [0.1, 0.15) is 19.3 Å². The van der Waals surface area contributed by atoms with Crippen LogP contribution < -0.4 is 10.6 Å². The van der Waals surface area contributed by atoms with Gasteiger partial charge in [0.05, 0.1) is 6.54 Å². The van der Waals surface area contributed by atoms with E-state index in [-0.39, 0.29) is 5.91 Å². The van der Waals surface area contributed by atoms with Crippen molar-refractivity contribution in [3.8, 4) is 0 Å². The molecule has 6 heteroatoms. The summed E-state index contributed by atoms with van der Waals surface area (Å²) in [5.74, 6) is 1.44. The number of likely N-dealkylation sites (tertiary alicyclic amines) is 1. The van der Waals surface area contributed by atoms with E-state index in [1.54, 1.807) is 14.1 Å². The van der Waals surface area contributed by atoms with E-state index >= 15 is 0 Å². The molecule has 0 bridgehead atoms. The molecule has 1 aliphatic rings. The Labute approximate surface area is 120 Å². The van der Waals surface area contributed by atoms with Crippen molar-refractivity contribution >= 4 is 23.5 Å². The molecule has 1 fully saturated rings. The van der Waals surface area contributed by atoms with Crippen molar-refractivity contribution in [3.05, 3.63) is 11.6 Å². The number of piperidine rings is 1. The highest BCUT2D eigenvalue weighted by atomic mass is 35.5. The Morgan fingerprint density at radius 3 is 2.58 bits per heavy atom. The van der Waals surface area contributed by atoms with Gasteiger partial charge in [-0.15, -0.1) is 0 Å². The third-order valence-electron chi connectivity index (χ3n) is 3.32. The molecule has 0 aromatic rings. The van der Waals surface area contributed by atoms with Gasteiger partial charge in [-0.1, -0.05) is 18.2 Å². The third kappa shape index (κ3) is 5.51. The number of carbonyl (C=O) groups is 1. The predicted molar refractivity (Wildman–Crippen MR) is 79.3 cm³/mol. The Hall–Kier alpha value is -1.23. The minimum atomic E-state index is 0.124. The van der Waals surface area contributed by atoms with Crippen LogP contribution in [0.3, 0.4) is 0 Å². The minimum Gasteiger partial charge on any atom is -0.359 e. The lowest BCUT2D eigenvalue weighted by Gasteiger charge is -2.34. The molecule has 0 aromatic carbocycles. The molecule has 0 spiro atoms. The van der Waals surface area contributed by atoms with Crippen LogP contribution in [-0.4, -0.2) is 50.5 Å². The van der Waals surface area contributed by atoms with Gasteiger partial charge in [0.25, 0.3) is 0 Å². The normalized spacial score (nSPS) is 17.2. The predicted octanol–water partition coefficient (Wildman–Crippen LogP) is 1.16. The van der Waals surface area contributed by atoms with Crippen molar-refractivity contribution in [1.29, 1.82) is 0 Å². The van der Waals surface area contributed by atoms with E-state index in [1.165, 1.54) is 0 Å². The summed E-state index contributed by atoms with van der Waals surface area (Å²) in [6.45, 7) is 5.99. The molecule has 19 heavy (non-hydrogen) atoms. The lowest BCUT2D eigenvalue weighted by molar-refractivity contribution is -0.121. The summed E-state index contributed by atoms with van der Waals surface area (Å²) in [4.78, 5) is 17.8. The van der Waals surface area contributed by atoms with Crippen molar-refractivity contribution in [3.63, 3.8) is 0 Å². The van der Waals surface area contributed by atoms with Crippen molar-refractivity contribution in [2.75, 3.05) is 33.7 Å². The second kappa shape index (κ2) is 8.04. The number of amides is 1. The van der Waals surface area contributed by atoms with E-state index in [0.29, 0.717) is 23.9 Å². The summed E-state index contributed by atoms with van der Waals surface area (Å²) in [6.07, 6.45) is 2.64. The number of hydrogen-bond donors (Lipinski definition) is 2. The van der Waals surface area contributed by atoms with E-state index < -0.39 is 0 Å². The molecular weight excluding hydrogens is 264 g/mol. The first-order valence-corrected chi connectivity index (χ1v) is 6.94. The lowest BCUT2D eigenvalue weighted by Crippen LogP contribution is -2.46. The molecule has 1 saturated heterocycles. The van der Waals surface area contributed by atoms with Crippen LogP contribution in [0.15, 0.2) is 16.6 Å². The zero-order chi connectivity index (χ0) is 14.3. The van der Waals surface area contributed by atoms with Crippen LogP contribution in [0.5, 0.6) is 0 Å². The molecule has 2 N–H and O–H groups in total. The molecule has 0 aromatic heterocycles. The standard InChI is InChI=1S/C13H23ClN4O/c1-10(14)9-17-13(16-3)18-6-4-11(5-7-18)8-12(19)15-2/h11H,1,4-9H2,2-3H3,(H,15,19)(H,16,17). The zero-order valence-electron chi connectivity index (χ0n) is 11.7. The van der Waals surface area contributed by atoms with E-state index in [2.05, 4.69) is 27.1 Å². The number of halogens is 1. The number of aliphatic imine (C=N–C) groups is 1. The number of guanidine groups is 1. The second-order valence-corrected chi connectivity index (χ2v) is 5.26. The highest BCUT2D eigenvalue weighted by Crippen LogP contribution is 2.20. The first kappa shape index (κ1) is 15.8. The maximum atomic E-state index is 11.3. The summed E-state index contributed by atoms with van der Waals surface area (Å²) in [6, 6.07) is 0. The Kier molecular flexibility index (Phi) is 6.70. The summed E-state index contributed by atoms with van der Waals surface area (Å²) >= 11 is 5.74. The molecule has 0 unspecified atom stereocenters. The molecule has 5 nitrogen and oxygen atoms in total. The number of nitrogens with one attached hydrogen (secondary N) is 2. The van der Waals surface area contributed by atoms with Crippen LogP contribution in [0.4, 0.5) is 0 Å². The summed E-state index contributed by atoms with van der Waals surface area (Å²) in [7, 11) is 3.44. The molecule has 0 aliphatic carbocycles. The summed E-state index contributed by atoms with van der Waals surface area (Å²) in [5, 5.41) is 6.41. The Morgan fingerprint density at radius 1 is 1.47 bits per heavy atom. The molecule has 1 aliphatic heterocycles. The second-order valence-electron chi connectivity index (χ2n) is 4.73. The zero-order valence-corrected chi connectivity index (χ0v) is 12.5. The highest BCUT2D eigenvalue weighted by Gasteiger charge is 2.22. The highest BCUT2D eigenvalue weighted by molar-refractivity contribution is 6.29. The van der Waals surface area contributed by atoms with E-state index in [9.17, 15) is 4.79 Å². The molecule has 108 valence electrons. The van der Waals surface area contributed by atoms with Gasteiger partial charge in [0.2, 0.25) is 5.91 Å². The van der Waals surface area contributed by atoms with Crippen molar-refractivity contribution < 1.29 is 4.79 Å². The third-order valence-corrected chi connectivity index (χ3v) is 3.45. The van der Waals surface area contributed by atoms with Crippen LogP contribution in [-0.2, 0) is 4.79 Å². The van der Waals surface area contributed by atoms with Crippen molar-refractivity contribution in [1.82, 2.24) is 15.5 Å². The van der Waals surface area contributed by atoms with Gasteiger partial charge in [0.1, 0.15) is 0 Å². The van der Waals surface area contributed by atoms with Gasteiger partial charge < -0.3 is 15.5 Å². The summed E-state index contributed by atoms with van der Waals surface area (Å²) in [5.41, 5.74) is 0. The maximum Gasteiger partial charge on any atom is 0.220 e. The fourth-order valence-corrected chi connectivity index (χ4v) is 2.29. The van der Waals surface area contributed by atoms with Crippen molar-refractivity contribution in [2.45, 2.75) is 19.3 Å². The average molecular weight is 287 g/mol. The van der Waals surface area contributed by atoms with Crippen molar-refractivity contribution in [2.24, 2.45) is 10.9 Å². The Bertz CT molecular complexity index is 349. The van der Waals surface area contributed by atoms with Gasteiger partial charge in [-0.2, -0.15) is 0 Å². The molecule has 1 rings (SSSR count). The number of carbonyl (C=O) groups excluding carboxylic acids is 1. The first-order chi connectivity index (χ1) is 9.06. The van der Waals surface area contributed by atoms with E-state index in [1.807, 2.05) is 0 Å². The lowest BCUT2D eigenvalue weighted by atomic mass is 9.93. The summed E-state index contributed by atoms with van der Waals surface area (Å²) < 4.78 is 0. The Morgan fingerprint density at radius 2 is 2.11 bits per heavy atom. The molecule has 1 heterocycles. The van der Waals surface area contributed by atoms with E-state index in [0.717, 1.165) is 31.9 Å². The first-order valence-electron chi connectivity index (χ1n) is 6.56. The largest absolute Gasteiger partial charge is 0.359 e. The van der Waals surface area contributed by atoms with Gasteiger partial charge >= 0.3 is 0 Å². The van der Waals surface area contributed by atoms with Crippen LogP contribution in [0.25, 0.3) is 0 Å². The fourth-order valence-electron chi connectivity index (χ4n) is 2.22. The quantitative estimate of drug-likeness (QED) is 0.602. The number of rotatable bonds is 4. The van der Waals surface area contributed by atoms with Crippen LogP contribution in [0, 0.1) is 5.92 Å². The van der Waals surface area contributed by atoms with Gasteiger partial charge in [0.15, 0.2) is 5.96 Å². The number of hydrogen-bond acceptors (Lipinski definition) is 2. The van der Waals surface area contributed by atoms with E-state index in [4.69, 9.17) is 11.6 Å². The van der Waals surface area contributed by atoms with Crippen LogP contribution >= 0.6 is 11.6 Å². The molecule has 1 amide bonds. The maximum absolute atomic E-state index is 11.3. The average Bonchev–Trinajstić information content (AvgIpc) is 2.40. The van der Waals surface area contributed by atoms with Gasteiger partial charge in [-0.25, -0.2) is 0 Å². The molecule has 0 atom stereocenters. The molecular formula is C13H23ClN4O. The van der Waals surface area contributed by atoms with Gasteiger partial charge in [0, 0.05) is 38.6 Å². The fraction of sp³-hybridized carbons (Fsp3) is 0.692. The minimum absolute atomic E-state index is 0.124. The smallest absolute Gasteiger partial charge is 0.220 e.